The van der Waals surface area contributed by atoms with Crippen molar-refractivity contribution in [3.05, 3.63) is 54.7 Å². The minimum absolute atomic E-state index is 0.117. The number of benzene rings is 2. The molecule has 0 atom stereocenters. The number of carbonyl (C=O) groups excluding carboxylic acids is 1. The first kappa shape index (κ1) is 13.7. The number of nitrogens with one attached hydrogen (secondary N) is 2. The van der Waals surface area contributed by atoms with Crippen molar-refractivity contribution in [1.82, 2.24) is 9.97 Å². The summed E-state index contributed by atoms with van der Waals surface area (Å²) in [6.45, 7) is 0. The van der Waals surface area contributed by atoms with Gasteiger partial charge in [0.05, 0.1) is 17.2 Å². The minimum atomic E-state index is 0.117. The van der Waals surface area contributed by atoms with Gasteiger partial charge in [-0.25, -0.2) is 4.98 Å². The Kier molecular flexibility index (Phi) is 3.38. The largest absolute Gasteiger partial charge is 0.339 e. The molecule has 1 heterocycles. The Balaban J connectivity index is 1.47. The van der Waals surface area contributed by atoms with Crippen molar-refractivity contribution >= 4 is 34.1 Å². The molecule has 0 radical (unpaired) electrons. The van der Waals surface area contributed by atoms with Crippen molar-refractivity contribution in [2.24, 2.45) is 5.92 Å². The highest BCUT2D eigenvalue weighted by molar-refractivity contribution is 5.94. The number of rotatable bonds is 4. The van der Waals surface area contributed by atoms with Crippen molar-refractivity contribution in [1.29, 1.82) is 0 Å². The van der Waals surface area contributed by atoms with E-state index < -0.39 is 0 Å². The van der Waals surface area contributed by atoms with Crippen molar-refractivity contribution in [2.75, 3.05) is 10.6 Å². The van der Waals surface area contributed by atoms with Crippen LogP contribution in [0.2, 0.25) is 0 Å². The SMILES string of the molecule is O=C(Nc1ccc(Nc2cnc3ccccc3n2)cc1)C1CC1. The standard InChI is InChI=1S/C18H16N4O/c23-18(12-5-6-12)21-14-9-7-13(8-10-14)20-17-11-19-15-3-1-2-4-16(15)22-17/h1-4,7-12H,5-6H2,(H,20,22)(H,21,23). The molecule has 1 aromatic heterocycles. The average molecular weight is 304 g/mol. The first-order chi connectivity index (χ1) is 11.3. The zero-order chi connectivity index (χ0) is 15.6. The summed E-state index contributed by atoms with van der Waals surface area (Å²) < 4.78 is 0. The van der Waals surface area contributed by atoms with Crippen LogP contribution in [0.3, 0.4) is 0 Å². The maximum Gasteiger partial charge on any atom is 0.227 e. The van der Waals surface area contributed by atoms with Crippen LogP contribution in [0.5, 0.6) is 0 Å². The van der Waals surface area contributed by atoms with Crippen LogP contribution in [0.25, 0.3) is 11.0 Å². The van der Waals surface area contributed by atoms with E-state index in [2.05, 4.69) is 20.6 Å². The Morgan fingerprint density at radius 2 is 1.65 bits per heavy atom. The lowest BCUT2D eigenvalue weighted by Gasteiger charge is -2.08. The van der Waals surface area contributed by atoms with E-state index in [-0.39, 0.29) is 11.8 Å². The predicted molar refractivity (Wildman–Crippen MR) is 90.6 cm³/mol. The van der Waals surface area contributed by atoms with Gasteiger partial charge in [0.15, 0.2) is 0 Å². The zero-order valence-electron chi connectivity index (χ0n) is 12.5. The number of amides is 1. The number of hydrogen-bond acceptors (Lipinski definition) is 4. The summed E-state index contributed by atoms with van der Waals surface area (Å²) in [6.07, 6.45) is 3.73. The molecular formula is C18H16N4O. The molecule has 0 aliphatic heterocycles. The second kappa shape index (κ2) is 5.68. The van der Waals surface area contributed by atoms with Crippen LogP contribution in [0.1, 0.15) is 12.8 Å². The molecule has 2 N–H and O–H groups in total. The van der Waals surface area contributed by atoms with Crippen molar-refractivity contribution in [3.63, 3.8) is 0 Å². The zero-order valence-corrected chi connectivity index (χ0v) is 12.5. The Morgan fingerprint density at radius 1 is 0.957 bits per heavy atom. The summed E-state index contributed by atoms with van der Waals surface area (Å²) in [4.78, 5) is 20.6. The van der Waals surface area contributed by atoms with Crippen LogP contribution in [0.15, 0.2) is 54.7 Å². The van der Waals surface area contributed by atoms with Crippen LogP contribution in [-0.2, 0) is 4.79 Å². The van der Waals surface area contributed by atoms with Gasteiger partial charge in [0.25, 0.3) is 0 Å². The van der Waals surface area contributed by atoms with Crippen molar-refractivity contribution in [3.8, 4) is 0 Å². The van der Waals surface area contributed by atoms with Gasteiger partial charge >= 0.3 is 0 Å². The van der Waals surface area contributed by atoms with E-state index in [0.717, 1.165) is 35.2 Å². The molecule has 1 saturated carbocycles. The Bertz CT molecular complexity index is 856. The second-order valence-electron chi connectivity index (χ2n) is 5.71. The van der Waals surface area contributed by atoms with Crippen LogP contribution < -0.4 is 10.6 Å². The van der Waals surface area contributed by atoms with Gasteiger partial charge in [0.2, 0.25) is 5.91 Å². The van der Waals surface area contributed by atoms with Gasteiger partial charge in [0, 0.05) is 17.3 Å². The summed E-state index contributed by atoms with van der Waals surface area (Å²) in [5, 5.41) is 6.15. The molecule has 0 unspecified atom stereocenters. The fraction of sp³-hybridized carbons (Fsp3) is 0.167. The summed E-state index contributed by atoms with van der Waals surface area (Å²) in [5.74, 6) is 1.02. The molecule has 1 aliphatic rings. The average Bonchev–Trinajstić information content (AvgIpc) is 3.42. The second-order valence-corrected chi connectivity index (χ2v) is 5.71. The van der Waals surface area contributed by atoms with E-state index in [9.17, 15) is 4.79 Å². The number of hydrogen-bond donors (Lipinski definition) is 2. The Labute approximate surface area is 133 Å². The van der Waals surface area contributed by atoms with Gasteiger partial charge in [-0.2, -0.15) is 0 Å². The third kappa shape index (κ3) is 3.13. The molecule has 0 spiro atoms. The normalized spacial score (nSPS) is 13.7. The van der Waals surface area contributed by atoms with Crippen LogP contribution in [0.4, 0.5) is 17.2 Å². The molecule has 23 heavy (non-hydrogen) atoms. The molecule has 0 saturated heterocycles. The molecule has 2 aromatic carbocycles. The number of carbonyl (C=O) groups is 1. The monoisotopic (exact) mass is 304 g/mol. The van der Waals surface area contributed by atoms with Crippen molar-refractivity contribution in [2.45, 2.75) is 12.8 Å². The Morgan fingerprint density at radius 3 is 2.39 bits per heavy atom. The highest BCUT2D eigenvalue weighted by atomic mass is 16.2. The van der Waals surface area contributed by atoms with E-state index >= 15 is 0 Å². The minimum Gasteiger partial charge on any atom is -0.339 e. The fourth-order valence-electron chi connectivity index (χ4n) is 2.39. The van der Waals surface area contributed by atoms with E-state index in [1.54, 1.807) is 6.20 Å². The molecule has 114 valence electrons. The molecular weight excluding hydrogens is 288 g/mol. The fourth-order valence-corrected chi connectivity index (χ4v) is 2.39. The van der Waals surface area contributed by atoms with Gasteiger partial charge in [0.1, 0.15) is 5.82 Å². The summed E-state index contributed by atoms with van der Waals surface area (Å²) in [6, 6.07) is 15.4. The molecule has 3 aromatic rings. The van der Waals surface area contributed by atoms with E-state index in [1.807, 2.05) is 48.5 Å². The molecule has 5 heteroatoms. The first-order valence-corrected chi connectivity index (χ1v) is 7.68. The first-order valence-electron chi connectivity index (χ1n) is 7.68. The van der Waals surface area contributed by atoms with Gasteiger partial charge < -0.3 is 10.6 Å². The third-order valence-electron chi connectivity index (χ3n) is 3.82. The quantitative estimate of drug-likeness (QED) is 0.771. The van der Waals surface area contributed by atoms with Crippen LogP contribution in [-0.4, -0.2) is 15.9 Å². The van der Waals surface area contributed by atoms with Crippen molar-refractivity contribution < 1.29 is 4.79 Å². The molecule has 0 bridgehead atoms. The lowest BCUT2D eigenvalue weighted by molar-refractivity contribution is -0.117. The predicted octanol–water partition coefficient (Wildman–Crippen LogP) is 3.72. The van der Waals surface area contributed by atoms with E-state index in [0.29, 0.717) is 5.82 Å². The van der Waals surface area contributed by atoms with Gasteiger partial charge in [-0.1, -0.05) is 12.1 Å². The molecule has 1 fully saturated rings. The Hall–Kier alpha value is -2.95. The number of para-hydroxylation sites is 2. The highest BCUT2D eigenvalue weighted by Crippen LogP contribution is 2.30. The maximum atomic E-state index is 11.7. The molecule has 1 amide bonds. The number of aromatic nitrogens is 2. The lowest BCUT2D eigenvalue weighted by atomic mass is 10.2. The molecule has 1 aliphatic carbocycles. The lowest BCUT2D eigenvalue weighted by Crippen LogP contribution is -2.13. The van der Waals surface area contributed by atoms with Gasteiger partial charge in [-0.15, -0.1) is 0 Å². The van der Waals surface area contributed by atoms with Crippen LogP contribution in [0, 0.1) is 5.92 Å². The van der Waals surface area contributed by atoms with E-state index in [4.69, 9.17) is 0 Å². The highest BCUT2D eigenvalue weighted by Gasteiger charge is 2.29. The topological polar surface area (TPSA) is 66.9 Å². The maximum absolute atomic E-state index is 11.7. The number of nitrogens with zero attached hydrogens (tertiary/aromatic N) is 2. The number of fused-ring (bicyclic) bond motifs is 1. The van der Waals surface area contributed by atoms with Gasteiger partial charge in [-0.05, 0) is 49.2 Å². The summed E-state index contributed by atoms with van der Waals surface area (Å²) in [7, 11) is 0. The summed E-state index contributed by atoms with van der Waals surface area (Å²) >= 11 is 0. The van der Waals surface area contributed by atoms with Gasteiger partial charge in [-0.3, -0.25) is 9.78 Å². The number of anilines is 3. The van der Waals surface area contributed by atoms with E-state index in [1.165, 1.54) is 0 Å². The summed E-state index contributed by atoms with van der Waals surface area (Å²) in [5.41, 5.74) is 3.44. The molecule has 4 rings (SSSR count). The van der Waals surface area contributed by atoms with Crippen LogP contribution >= 0.6 is 0 Å². The molecule has 5 nitrogen and oxygen atoms in total. The third-order valence-corrected chi connectivity index (χ3v) is 3.82. The smallest absolute Gasteiger partial charge is 0.227 e.